The SMILES string of the molecule is CC(C)N(C(=O)c1nc(-c2cccs2)n(-c2ccc(F)cc2)n1)C1CC1. The number of aromatic nitrogens is 3. The van der Waals surface area contributed by atoms with Crippen molar-refractivity contribution in [1.82, 2.24) is 19.7 Å². The summed E-state index contributed by atoms with van der Waals surface area (Å²) in [7, 11) is 0. The summed E-state index contributed by atoms with van der Waals surface area (Å²) in [5.41, 5.74) is 0.670. The molecule has 1 amide bonds. The fraction of sp³-hybridized carbons (Fsp3) is 0.316. The van der Waals surface area contributed by atoms with Gasteiger partial charge in [-0.25, -0.2) is 14.1 Å². The molecule has 1 fully saturated rings. The Morgan fingerprint density at radius 1 is 1.27 bits per heavy atom. The Kier molecular flexibility index (Phi) is 4.32. The number of halogens is 1. The third-order valence-corrected chi connectivity index (χ3v) is 5.21. The van der Waals surface area contributed by atoms with E-state index in [1.54, 1.807) is 16.8 Å². The van der Waals surface area contributed by atoms with Crippen molar-refractivity contribution in [1.29, 1.82) is 0 Å². The number of benzene rings is 1. The van der Waals surface area contributed by atoms with E-state index in [4.69, 9.17) is 0 Å². The molecule has 1 aromatic carbocycles. The number of amides is 1. The molecule has 134 valence electrons. The zero-order chi connectivity index (χ0) is 18.3. The van der Waals surface area contributed by atoms with Crippen LogP contribution in [0.25, 0.3) is 16.4 Å². The number of nitrogens with zero attached hydrogens (tertiary/aromatic N) is 4. The second-order valence-electron chi connectivity index (χ2n) is 6.66. The van der Waals surface area contributed by atoms with Crippen LogP contribution >= 0.6 is 11.3 Å². The molecule has 1 aliphatic carbocycles. The van der Waals surface area contributed by atoms with E-state index >= 15 is 0 Å². The molecule has 0 N–H and O–H groups in total. The lowest BCUT2D eigenvalue weighted by Gasteiger charge is -2.25. The monoisotopic (exact) mass is 370 g/mol. The number of carbonyl (C=O) groups is 1. The maximum atomic E-state index is 13.3. The fourth-order valence-corrected chi connectivity index (χ4v) is 3.72. The average Bonchev–Trinajstić information content (AvgIpc) is 3.12. The zero-order valence-corrected chi connectivity index (χ0v) is 15.4. The minimum absolute atomic E-state index is 0.0953. The Hall–Kier alpha value is -2.54. The van der Waals surface area contributed by atoms with Crippen molar-refractivity contribution >= 4 is 17.2 Å². The molecule has 0 saturated heterocycles. The average molecular weight is 370 g/mol. The van der Waals surface area contributed by atoms with Gasteiger partial charge in [-0.15, -0.1) is 16.4 Å². The molecule has 0 radical (unpaired) electrons. The lowest BCUT2D eigenvalue weighted by atomic mass is 10.3. The van der Waals surface area contributed by atoms with Gasteiger partial charge in [0.2, 0.25) is 5.82 Å². The lowest BCUT2D eigenvalue weighted by molar-refractivity contribution is 0.0677. The number of hydrogen-bond acceptors (Lipinski definition) is 4. The predicted molar refractivity (Wildman–Crippen MR) is 99.0 cm³/mol. The number of thiophene rings is 1. The van der Waals surface area contributed by atoms with Crippen LogP contribution in [0.2, 0.25) is 0 Å². The third-order valence-electron chi connectivity index (χ3n) is 4.34. The standard InChI is InChI=1S/C19H19FN4OS/c1-12(2)23(14-9-10-14)19(25)17-21-18(16-4-3-11-26-16)24(22-17)15-7-5-13(20)6-8-15/h3-8,11-12,14H,9-10H2,1-2H3. The number of carbonyl (C=O) groups excluding carboxylic acids is 1. The molecular formula is C19H19FN4OS. The molecule has 1 saturated carbocycles. The van der Waals surface area contributed by atoms with Crippen molar-refractivity contribution in [2.75, 3.05) is 0 Å². The van der Waals surface area contributed by atoms with Crippen molar-refractivity contribution < 1.29 is 9.18 Å². The first-order chi connectivity index (χ1) is 12.5. The summed E-state index contributed by atoms with van der Waals surface area (Å²) in [5.74, 6) is 0.302. The highest BCUT2D eigenvalue weighted by atomic mass is 32.1. The molecule has 2 aromatic heterocycles. The van der Waals surface area contributed by atoms with Gasteiger partial charge in [0.05, 0.1) is 10.6 Å². The first-order valence-corrected chi connectivity index (χ1v) is 9.52. The van der Waals surface area contributed by atoms with Gasteiger partial charge in [0.25, 0.3) is 5.91 Å². The molecule has 2 heterocycles. The van der Waals surface area contributed by atoms with Gasteiger partial charge < -0.3 is 4.90 Å². The second kappa shape index (κ2) is 6.64. The van der Waals surface area contributed by atoms with Gasteiger partial charge in [-0.3, -0.25) is 4.79 Å². The van der Waals surface area contributed by atoms with Gasteiger partial charge in [-0.1, -0.05) is 6.07 Å². The van der Waals surface area contributed by atoms with Gasteiger partial charge in [0.15, 0.2) is 5.82 Å². The highest BCUT2D eigenvalue weighted by Crippen LogP contribution is 2.31. The van der Waals surface area contributed by atoms with Gasteiger partial charge in [0, 0.05) is 12.1 Å². The Balaban J connectivity index is 1.78. The minimum Gasteiger partial charge on any atom is -0.330 e. The molecule has 0 atom stereocenters. The van der Waals surface area contributed by atoms with Crippen molar-refractivity contribution in [2.45, 2.75) is 38.8 Å². The summed E-state index contributed by atoms with van der Waals surface area (Å²) in [6, 6.07) is 10.3. The van der Waals surface area contributed by atoms with Crippen LogP contribution < -0.4 is 0 Å². The van der Waals surface area contributed by atoms with Crippen LogP contribution in [0.1, 0.15) is 37.3 Å². The highest BCUT2D eigenvalue weighted by molar-refractivity contribution is 7.13. The van der Waals surface area contributed by atoms with Crippen LogP contribution in [0.4, 0.5) is 4.39 Å². The molecule has 3 aromatic rings. The largest absolute Gasteiger partial charge is 0.330 e. The van der Waals surface area contributed by atoms with E-state index in [2.05, 4.69) is 10.1 Å². The quantitative estimate of drug-likeness (QED) is 0.678. The first-order valence-electron chi connectivity index (χ1n) is 8.64. The van der Waals surface area contributed by atoms with Gasteiger partial charge in [-0.2, -0.15) is 0 Å². The molecule has 1 aliphatic rings. The van der Waals surface area contributed by atoms with Crippen LogP contribution in [-0.2, 0) is 0 Å². The summed E-state index contributed by atoms with van der Waals surface area (Å²) >= 11 is 1.52. The summed E-state index contributed by atoms with van der Waals surface area (Å²) in [6.07, 6.45) is 2.06. The summed E-state index contributed by atoms with van der Waals surface area (Å²) in [4.78, 5) is 20.3. The van der Waals surface area contributed by atoms with E-state index in [0.717, 1.165) is 17.7 Å². The van der Waals surface area contributed by atoms with E-state index in [1.807, 2.05) is 36.3 Å². The number of rotatable bonds is 5. The van der Waals surface area contributed by atoms with Crippen LogP contribution in [0, 0.1) is 5.82 Å². The van der Waals surface area contributed by atoms with Crippen molar-refractivity contribution in [3.05, 3.63) is 53.4 Å². The van der Waals surface area contributed by atoms with E-state index in [1.165, 1.54) is 23.5 Å². The van der Waals surface area contributed by atoms with E-state index in [0.29, 0.717) is 11.5 Å². The Bertz CT molecular complexity index is 912. The smallest absolute Gasteiger partial charge is 0.294 e. The Morgan fingerprint density at radius 3 is 2.58 bits per heavy atom. The Morgan fingerprint density at radius 2 is 2.00 bits per heavy atom. The molecule has 0 aliphatic heterocycles. The molecule has 0 bridgehead atoms. The van der Waals surface area contributed by atoms with Crippen molar-refractivity contribution in [3.63, 3.8) is 0 Å². The van der Waals surface area contributed by atoms with Crippen molar-refractivity contribution in [2.24, 2.45) is 0 Å². The molecular weight excluding hydrogens is 351 g/mol. The first kappa shape index (κ1) is 16.9. The van der Waals surface area contributed by atoms with Crippen LogP contribution in [0.15, 0.2) is 41.8 Å². The summed E-state index contributed by atoms with van der Waals surface area (Å²) in [5, 5.41) is 6.43. The van der Waals surface area contributed by atoms with Crippen molar-refractivity contribution in [3.8, 4) is 16.4 Å². The molecule has 5 nitrogen and oxygen atoms in total. The Labute approximate surface area is 155 Å². The minimum atomic E-state index is -0.317. The maximum Gasteiger partial charge on any atom is 0.294 e. The summed E-state index contributed by atoms with van der Waals surface area (Å²) < 4.78 is 14.9. The van der Waals surface area contributed by atoms with Crippen LogP contribution in [-0.4, -0.2) is 37.7 Å². The van der Waals surface area contributed by atoms with E-state index in [9.17, 15) is 9.18 Å². The highest BCUT2D eigenvalue weighted by Gasteiger charge is 2.36. The molecule has 0 spiro atoms. The van der Waals surface area contributed by atoms with Gasteiger partial charge in [-0.05, 0) is 62.4 Å². The summed E-state index contributed by atoms with van der Waals surface area (Å²) in [6.45, 7) is 4.01. The lowest BCUT2D eigenvalue weighted by Crippen LogP contribution is -2.39. The van der Waals surface area contributed by atoms with E-state index < -0.39 is 0 Å². The topological polar surface area (TPSA) is 51.0 Å². The van der Waals surface area contributed by atoms with Gasteiger partial charge in [0.1, 0.15) is 5.82 Å². The maximum absolute atomic E-state index is 13.3. The fourth-order valence-electron chi connectivity index (χ4n) is 3.02. The van der Waals surface area contributed by atoms with Gasteiger partial charge >= 0.3 is 0 Å². The molecule has 26 heavy (non-hydrogen) atoms. The third kappa shape index (κ3) is 3.14. The molecule has 4 rings (SSSR count). The zero-order valence-electron chi connectivity index (χ0n) is 14.6. The van der Waals surface area contributed by atoms with E-state index in [-0.39, 0.29) is 29.6 Å². The number of hydrogen-bond donors (Lipinski definition) is 0. The normalized spacial score (nSPS) is 14.0. The van der Waals surface area contributed by atoms with Crippen LogP contribution in [0.5, 0.6) is 0 Å². The molecule has 0 unspecified atom stereocenters. The predicted octanol–water partition coefficient (Wildman–Crippen LogP) is 4.15. The second-order valence-corrected chi connectivity index (χ2v) is 7.61. The molecule has 7 heteroatoms. The van der Waals surface area contributed by atoms with Crippen LogP contribution in [0.3, 0.4) is 0 Å².